The summed E-state index contributed by atoms with van der Waals surface area (Å²) in [6, 6.07) is 0. The molecule has 0 N–H and O–H groups in total. The Morgan fingerprint density at radius 3 is 2.55 bits per heavy atom. The van der Waals surface area contributed by atoms with Gasteiger partial charge in [0.1, 0.15) is 5.60 Å². The predicted molar refractivity (Wildman–Crippen MR) is 89.8 cm³/mol. The Kier molecular flexibility index (Phi) is 5.87. The van der Waals surface area contributed by atoms with Crippen molar-refractivity contribution in [1.82, 2.24) is 4.90 Å². The summed E-state index contributed by atoms with van der Waals surface area (Å²) < 4.78 is 0. The number of rotatable bonds is 6. The van der Waals surface area contributed by atoms with Crippen LogP contribution in [-0.2, 0) is 9.63 Å². The van der Waals surface area contributed by atoms with E-state index in [1.165, 1.54) is 18.6 Å². The molecule has 1 unspecified atom stereocenters. The number of amides is 1. The van der Waals surface area contributed by atoms with Crippen molar-refractivity contribution in [3.8, 4) is 0 Å². The molecule has 0 aromatic heterocycles. The standard InChI is InChI=1S/C18H32N2O2/c1-5-6-15(4)16-13-18(22-19-16)9-11-20(12-10-18)17(21)8-7-14(2)3/h14-15H,5-13H2,1-4H3. The van der Waals surface area contributed by atoms with Crippen molar-refractivity contribution in [2.75, 3.05) is 13.1 Å². The number of hydrogen-bond donors (Lipinski definition) is 0. The van der Waals surface area contributed by atoms with Crippen LogP contribution in [0.4, 0.5) is 0 Å². The van der Waals surface area contributed by atoms with Crippen molar-refractivity contribution in [3.05, 3.63) is 0 Å². The molecule has 1 amide bonds. The maximum Gasteiger partial charge on any atom is 0.222 e. The van der Waals surface area contributed by atoms with Crippen molar-refractivity contribution < 1.29 is 9.63 Å². The first-order valence-electron chi connectivity index (χ1n) is 8.98. The lowest BCUT2D eigenvalue weighted by molar-refractivity contribution is -0.137. The Bertz CT molecular complexity index is 409. The second-order valence-corrected chi connectivity index (χ2v) is 7.54. The number of likely N-dealkylation sites (tertiary alicyclic amines) is 1. The largest absolute Gasteiger partial charge is 0.389 e. The zero-order chi connectivity index (χ0) is 16.2. The highest BCUT2D eigenvalue weighted by Crippen LogP contribution is 2.37. The molecule has 4 nitrogen and oxygen atoms in total. The second-order valence-electron chi connectivity index (χ2n) is 7.54. The Hall–Kier alpha value is -1.06. The fourth-order valence-electron chi connectivity index (χ4n) is 3.42. The summed E-state index contributed by atoms with van der Waals surface area (Å²) >= 11 is 0. The predicted octanol–water partition coefficient (Wildman–Crippen LogP) is 4.00. The van der Waals surface area contributed by atoms with Crippen LogP contribution >= 0.6 is 0 Å². The third-order valence-corrected chi connectivity index (χ3v) is 5.11. The van der Waals surface area contributed by atoms with Crippen LogP contribution in [0.5, 0.6) is 0 Å². The van der Waals surface area contributed by atoms with E-state index in [2.05, 4.69) is 32.9 Å². The Balaban J connectivity index is 1.79. The number of nitrogens with zero attached hydrogens (tertiary/aromatic N) is 2. The number of oxime groups is 1. The zero-order valence-electron chi connectivity index (χ0n) is 14.7. The van der Waals surface area contributed by atoms with E-state index < -0.39 is 0 Å². The van der Waals surface area contributed by atoms with Crippen LogP contribution < -0.4 is 0 Å². The molecule has 0 aromatic rings. The van der Waals surface area contributed by atoms with Crippen LogP contribution in [0.2, 0.25) is 0 Å². The molecule has 0 aromatic carbocycles. The van der Waals surface area contributed by atoms with E-state index >= 15 is 0 Å². The van der Waals surface area contributed by atoms with Crippen LogP contribution in [0.25, 0.3) is 0 Å². The lowest BCUT2D eigenvalue weighted by Crippen LogP contribution is -2.47. The molecular formula is C18H32N2O2. The van der Waals surface area contributed by atoms with Crippen LogP contribution in [-0.4, -0.2) is 35.2 Å². The summed E-state index contributed by atoms with van der Waals surface area (Å²) in [4.78, 5) is 20.1. The van der Waals surface area contributed by atoms with Gasteiger partial charge in [-0.2, -0.15) is 0 Å². The van der Waals surface area contributed by atoms with E-state index in [0.29, 0.717) is 24.2 Å². The minimum atomic E-state index is -0.119. The molecule has 0 radical (unpaired) electrons. The average Bonchev–Trinajstić information content (AvgIpc) is 2.90. The third-order valence-electron chi connectivity index (χ3n) is 5.11. The van der Waals surface area contributed by atoms with Crippen LogP contribution in [0, 0.1) is 11.8 Å². The average molecular weight is 308 g/mol. The molecular weight excluding hydrogens is 276 g/mol. The van der Waals surface area contributed by atoms with E-state index in [-0.39, 0.29) is 5.60 Å². The van der Waals surface area contributed by atoms with E-state index in [0.717, 1.165) is 38.8 Å². The molecule has 22 heavy (non-hydrogen) atoms. The topological polar surface area (TPSA) is 41.9 Å². The van der Waals surface area contributed by atoms with Crippen LogP contribution in [0.15, 0.2) is 5.16 Å². The highest BCUT2D eigenvalue weighted by molar-refractivity contribution is 5.88. The molecule has 0 aliphatic carbocycles. The number of carbonyl (C=O) groups excluding carboxylic acids is 1. The summed E-state index contributed by atoms with van der Waals surface area (Å²) in [5, 5.41) is 4.37. The lowest BCUT2D eigenvalue weighted by Gasteiger charge is -2.37. The normalized spacial score (nSPS) is 21.9. The third kappa shape index (κ3) is 4.23. The monoisotopic (exact) mass is 308 g/mol. The van der Waals surface area contributed by atoms with Gasteiger partial charge in [0.05, 0.1) is 5.71 Å². The molecule has 2 aliphatic heterocycles. The molecule has 2 rings (SSSR count). The molecule has 1 saturated heterocycles. The lowest BCUT2D eigenvalue weighted by atomic mass is 9.83. The number of hydrogen-bond acceptors (Lipinski definition) is 3. The van der Waals surface area contributed by atoms with Crippen LogP contribution in [0.3, 0.4) is 0 Å². The van der Waals surface area contributed by atoms with Gasteiger partial charge in [0.25, 0.3) is 0 Å². The minimum absolute atomic E-state index is 0.119. The van der Waals surface area contributed by atoms with E-state index in [1.807, 2.05) is 4.90 Å². The molecule has 1 atom stereocenters. The minimum Gasteiger partial charge on any atom is -0.389 e. The summed E-state index contributed by atoms with van der Waals surface area (Å²) in [6.45, 7) is 10.4. The maximum absolute atomic E-state index is 12.2. The zero-order valence-corrected chi connectivity index (χ0v) is 14.7. The van der Waals surface area contributed by atoms with Gasteiger partial charge in [-0.05, 0) is 24.7 Å². The second kappa shape index (κ2) is 7.47. The van der Waals surface area contributed by atoms with Crippen molar-refractivity contribution in [2.24, 2.45) is 17.0 Å². The van der Waals surface area contributed by atoms with Gasteiger partial charge in [0.15, 0.2) is 0 Å². The van der Waals surface area contributed by atoms with Gasteiger partial charge in [-0.15, -0.1) is 0 Å². The van der Waals surface area contributed by atoms with E-state index in [1.54, 1.807) is 0 Å². The van der Waals surface area contributed by atoms with Gasteiger partial charge in [-0.25, -0.2) is 0 Å². The molecule has 0 bridgehead atoms. The molecule has 0 saturated carbocycles. The van der Waals surface area contributed by atoms with Gasteiger partial charge in [0, 0.05) is 38.8 Å². The molecule has 1 fully saturated rings. The Morgan fingerprint density at radius 1 is 1.27 bits per heavy atom. The Labute approximate surface area is 135 Å². The Morgan fingerprint density at radius 2 is 1.95 bits per heavy atom. The SMILES string of the molecule is CCCC(C)C1=NOC2(CCN(C(=O)CCC(C)C)CC2)C1. The molecule has 2 aliphatic rings. The van der Waals surface area contributed by atoms with E-state index in [9.17, 15) is 4.79 Å². The number of carbonyl (C=O) groups is 1. The van der Waals surface area contributed by atoms with Crippen LogP contribution in [0.1, 0.15) is 72.6 Å². The molecule has 126 valence electrons. The van der Waals surface area contributed by atoms with E-state index in [4.69, 9.17) is 4.84 Å². The molecule has 4 heteroatoms. The fourth-order valence-corrected chi connectivity index (χ4v) is 3.42. The summed E-state index contributed by atoms with van der Waals surface area (Å²) in [5.74, 6) is 1.42. The summed E-state index contributed by atoms with van der Waals surface area (Å²) in [7, 11) is 0. The van der Waals surface area contributed by atoms with Crippen molar-refractivity contribution >= 4 is 11.6 Å². The first-order valence-corrected chi connectivity index (χ1v) is 8.98. The van der Waals surface area contributed by atoms with Gasteiger partial charge in [-0.3, -0.25) is 4.79 Å². The van der Waals surface area contributed by atoms with Gasteiger partial charge in [0.2, 0.25) is 5.91 Å². The highest BCUT2D eigenvalue weighted by Gasteiger charge is 2.43. The van der Waals surface area contributed by atoms with Crippen molar-refractivity contribution in [1.29, 1.82) is 0 Å². The summed E-state index contributed by atoms with van der Waals surface area (Å²) in [5.41, 5.74) is 1.10. The van der Waals surface area contributed by atoms with Crippen molar-refractivity contribution in [3.63, 3.8) is 0 Å². The van der Waals surface area contributed by atoms with Gasteiger partial charge < -0.3 is 9.74 Å². The summed E-state index contributed by atoms with van der Waals surface area (Å²) in [6.07, 6.45) is 6.84. The molecule has 1 spiro atoms. The maximum atomic E-state index is 12.2. The van der Waals surface area contributed by atoms with Crippen molar-refractivity contribution in [2.45, 2.75) is 78.2 Å². The van der Waals surface area contributed by atoms with Gasteiger partial charge in [-0.1, -0.05) is 39.3 Å². The first kappa shape index (κ1) is 17.3. The fraction of sp³-hybridized carbons (Fsp3) is 0.889. The quantitative estimate of drug-likeness (QED) is 0.744. The molecule has 2 heterocycles. The number of piperidine rings is 1. The highest BCUT2D eigenvalue weighted by atomic mass is 16.7. The first-order chi connectivity index (χ1) is 10.5. The van der Waals surface area contributed by atoms with Gasteiger partial charge >= 0.3 is 0 Å². The smallest absolute Gasteiger partial charge is 0.222 e.